The van der Waals surface area contributed by atoms with Gasteiger partial charge < -0.3 is 4.42 Å². The minimum Gasteiger partial charge on any atom is -0.436 e. The monoisotopic (exact) mass is 228 g/mol. The van der Waals surface area contributed by atoms with Gasteiger partial charge in [0.15, 0.2) is 5.58 Å². The zero-order chi connectivity index (χ0) is 11.0. The van der Waals surface area contributed by atoms with E-state index >= 15 is 0 Å². The summed E-state index contributed by atoms with van der Waals surface area (Å²) in [6.45, 7) is 0. The van der Waals surface area contributed by atoms with Crippen LogP contribution in [0.3, 0.4) is 0 Å². The first-order valence-electron chi connectivity index (χ1n) is 4.85. The van der Waals surface area contributed by atoms with Crippen LogP contribution in [0.5, 0.6) is 0 Å². The van der Waals surface area contributed by atoms with E-state index in [1.165, 1.54) is 0 Å². The molecule has 0 unspecified atom stereocenters. The molecule has 0 aliphatic heterocycles. The first-order chi connectivity index (χ1) is 7.83. The third-order valence-electron chi connectivity index (χ3n) is 2.32. The molecule has 0 saturated heterocycles. The summed E-state index contributed by atoms with van der Waals surface area (Å²) in [6.07, 6.45) is 0. The second kappa shape index (κ2) is 3.65. The maximum absolute atomic E-state index is 5.82. The molecule has 3 aromatic rings. The molecule has 1 aromatic heterocycles. The Morgan fingerprint density at radius 3 is 2.69 bits per heavy atom. The van der Waals surface area contributed by atoms with E-state index in [0.29, 0.717) is 10.9 Å². The van der Waals surface area contributed by atoms with Crippen LogP contribution in [-0.4, -0.2) is 4.98 Å². The minimum atomic E-state index is 0.603. The smallest absolute Gasteiger partial charge is 0.227 e. The molecule has 2 aromatic carbocycles. The van der Waals surface area contributed by atoms with E-state index in [9.17, 15) is 0 Å². The van der Waals surface area contributed by atoms with Gasteiger partial charge in [-0.05, 0) is 42.5 Å². The second-order valence-corrected chi connectivity index (χ2v) is 3.86. The quantitative estimate of drug-likeness (QED) is 0.630. The summed E-state index contributed by atoms with van der Waals surface area (Å²) in [6, 6.07) is 15.8. The van der Waals surface area contributed by atoms with Crippen molar-refractivity contribution in [2.75, 3.05) is 0 Å². The average Bonchev–Trinajstić information content (AvgIpc) is 2.73. The van der Waals surface area contributed by atoms with Crippen molar-refractivity contribution in [3.8, 4) is 11.5 Å². The van der Waals surface area contributed by atoms with Crippen molar-refractivity contribution in [1.82, 2.24) is 4.98 Å². The van der Waals surface area contributed by atoms with Crippen molar-refractivity contribution >= 4 is 22.7 Å². The SMILES string of the molecule is Clc1ccc(-c2nc3c[c]ccc3o2)cc1. The molecular weight excluding hydrogens is 222 g/mol. The number of benzene rings is 2. The minimum absolute atomic E-state index is 0.603. The molecule has 0 spiro atoms. The van der Waals surface area contributed by atoms with Gasteiger partial charge in [-0.2, -0.15) is 0 Å². The normalized spacial score (nSPS) is 10.8. The number of nitrogens with zero attached hydrogens (tertiary/aromatic N) is 1. The van der Waals surface area contributed by atoms with Gasteiger partial charge in [-0.3, -0.25) is 0 Å². The molecule has 0 fully saturated rings. The highest BCUT2D eigenvalue weighted by Crippen LogP contribution is 2.24. The third-order valence-corrected chi connectivity index (χ3v) is 2.58. The Morgan fingerprint density at radius 1 is 1.12 bits per heavy atom. The van der Waals surface area contributed by atoms with E-state index in [1.807, 2.05) is 30.3 Å². The van der Waals surface area contributed by atoms with Crippen LogP contribution >= 0.6 is 11.6 Å². The Kier molecular flexibility index (Phi) is 2.15. The molecule has 1 radical (unpaired) electrons. The zero-order valence-corrected chi connectivity index (χ0v) is 9.03. The van der Waals surface area contributed by atoms with Crippen molar-refractivity contribution < 1.29 is 4.42 Å². The Labute approximate surface area is 97.5 Å². The van der Waals surface area contributed by atoms with Gasteiger partial charge in [0.1, 0.15) is 5.52 Å². The summed E-state index contributed by atoms with van der Waals surface area (Å²) >= 11 is 5.82. The molecule has 3 rings (SSSR count). The van der Waals surface area contributed by atoms with E-state index in [1.54, 1.807) is 12.1 Å². The van der Waals surface area contributed by atoms with Gasteiger partial charge >= 0.3 is 0 Å². The van der Waals surface area contributed by atoms with Crippen LogP contribution < -0.4 is 0 Å². The molecule has 0 aliphatic carbocycles. The standard InChI is InChI=1S/C13H7ClNO/c14-10-7-5-9(6-8-10)13-15-11-3-1-2-4-12(11)16-13/h2-8H. The van der Waals surface area contributed by atoms with E-state index < -0.39 is 0 Å². The number of hydrogen-bond acceptors (Lipinski definition) is 2. The van der Waals surface area contributed by atoms with Crippen molar-refractivity contribution in [3.63, 3.8) is 0 Å². The third kappa shape index (κ3) is 1.57. The molecule has 0 bridgehead atoms. The van der Waals surface area contributed by atoms with Crippen LogP contribution in [0.2, 0.25) is 5.02 Å². The predicted molar refractivity (Wildman–Crippen MR) is 63.3 cm³/mol. The first-order valence-corrected chi connectivity index (χ1v) is 5.23. The molecule has 0 amide bonds. The molecule has 2 nitrogen and oxygen atoms in total. The van der Waals surface area contributed by atoms with Crippen molar-refractivity contribution in [3.05, 3.63) is 53.6 Å². The number of hydrogen-bond donors (Lipinski definition) is 0. The van der Waals surface area contributed by atoms with Gasteiger partial charge in [-0.15, -0.1) is 0 Å². The molecule has 3 heteroatoms. The molecule has 0 aliphatic rings. The average molecular weight is 229 g/mol. The highest BCUT2D eigenvalue weighted by Gasteiger charge is 2.06. The van der Waals surface area contributed by atoms with Crippen LogP contribution in [0.15, 0.2) is 46.9 Å². The lowest BCUT2D eigenvalue weighted by Gasteiger charge is -1.94. The molecule has 16 heavy (non-hydrogen) atoms. The summed E-state index contributed by atoms with van der Waals surface area (Å²) in [7, 11) is 0. The highest BCUT2D eigenvalue weighted by molar-refractivity contribution is 6.30. The summed E-state index contributed by atoms with van der Waals surface area (Å²) in [4.78, 5) is 4.37. The van der Waals surface area contributed by atoms with Crippen LogP contribution in [-0.2, 0) is 0 Å². The van der Waals surface area contributed by atoms with Gasteiger partial charge in [0.25, 0.3) is 0 Å². The maximum Gasteiger partial charge on any atom is 0.227 e. The van der Waals surface area contributed by atoms with Gasteiger partial charge in [0.05, 0.1) is 0 Å². The fourth-order valence-electron chi connectivity index (χ4n) is 1.53. The van der Waals surface area contributed by atoms with Crippen molar-refractivity contribution in [1.29, 1.82) is 0 Å². The lowest BCUT2D eigenvalue weighted by atomic mass is 10.2. The van der Waals surface area contributed by atoms with Gasteiger partial charge in [0.2, 0.25) is 5.89 Å². The fraction of sp³-hybridized carbons (Fsp3) is 0. The molecular formula is C13H7ClNO. The number of rotatable bonds is 1. The Hall–Kier alpha value is -1.80. The second-order valence-electron chi connectivity index (χ2n) is 3.42. The Morgan fingerprint density at radius 2 is 1.94 bits per heavy atom. The van der Waals surface area contributed by atoms with Gasteiger partial charge in [0, 0.05) is 10.6 Å². The lowest BCUT2D eigenvalue weighted by Crippen LogP contribution is -1.75. The van der Waals surface area contributed by atoms with E-state index in [0.717, 1.165) is 16.7 Å². The van der Waals surface area contributed by atoms with Gasteiger partial charge in [-0.1, -0.05) is 17.7 Å². The topological polar surface area (TPSA) is 26.0 Å². The summed E-state index contributed by atoms with van der Waals surface area (Å²) in [5.74, 6) is 0.603. The zero-order valence-electron chi connectivity index (χ0n) is 8.27. The maximum atomic E-state index is 5.82. The summed E-state index contributed by atoms with van der Waals surface area (Å²) in [5.41, 5.74) is 2.50. The number of halogens is 1. The molecule has 0 N–H and O–H groups in total. The fourth-order valence-corrected chi connectivity index (χ4v) is 1.66. The van der Waals surface area contributed by atoms with Crippen molar-refractivity contribution in [2.45, 2.75) is 0 Å². The summed E-state index contributed by atoms with van der Waals surface area (Å²) < 4.78 is 5.62. The van der Waals surface area contributed by atoms with Crippen LogP contribution in [0.4, 0.5) is 0 Å². The highest BCUT2D eigenvalue weighted by atomic mass is 35.5. The van der Waals surface area contributed by atoms with Crippen molar-refractivity contribution in [2.24, 2.45) is 0 Å². The van der Waals surface area contributed by atoms with Crippen LogP contribution in [0, 0.1) is 6.07 Å². The molecule has 77 valence electrons. The number of aromatic nitrogens is 1. The van der Waals surface area contributed by atoms with Crippen LogP contribution in [0.25, 0.3) is 22.6 Å². The Bertz CT molecular complexity index is 595. The Balaban J connectivity index is 2.15. The molecule has 0 saturated carbocycles. The molecule has 1 heterocycles. The summed E-state index contributed by atoms with van der Waals surface area (Å²) in [5, 5.41) is 0.702. The number of fused-ring (bicyclic) bond motifs is 1. The first kappa shape index (κ1) is 9.43. The molecule has 0 atom stereocenters. The van der Waals surface area contributed by atoms with E-state index in [4.69, 9.17) is 16.0 Å². The van der Waals surface area contributed by atoms with E-state index in [-0.39, 0.29) is 0 Å². The van der Waals surface area contributed by atoms with E-state index in [2.05, 4.69) is 11.1 Å². The van der Waals surface area contributed by atoms with Gasteiger partial charge in [-0.25, -0.2) is 4.98 Å². The largest absolute Gasteiger partial charge is 0.436 e. The predicted octanol–water partition coefficient (Wildman–Crippen LogP) is 3.95. The number of oxazole rings is 1. The lowest BCUT2D eigenvalue weighted by molar-refractivity contribution is 0.620. The van der Waals surface area contributed by atoms with Crippen LogP contribution in [0.1, 0.15) is 0 Å².